The highest BCUT2D eigenvalue weighted by Crippen LogP contribution is 2.27. The summed E-state index contributed by atoms with van der Waals surface area (Å²) in [6.45, 7) is 4.44. The van der Waals surface area contributed by atoms with E-state index in [2.05, 4.69) is 4.98 Å². The van der Waals surface area contributed by atoms with Gasteiger partial charge in [0, 0.05) is 13.1 Å². The summed E-state index contributed by atoms with van der Waals surface area (Å²) in [5.41, 5.74) is 0. The molecule has 0 aliphatic carbocycles. The first-order valence-electron chi connectivity index (χ1n) is 5.16. The molecule has 1 aromatic rings. The lowest BCUT2D eigenvalue weighted by Crippen LogP contribution is -2.47. The Morgan fingerprint density at radius 1 is 1.47 bits per heavy atom. The van der Waals surface area contributed by atoms with Crippen molar-refractivity contribution in [3.05, 3.63) is 10.7 Å². The third-order valence-electron chi connectivity index (χ3n) is 2.44. The van der Waals surface area contributed by atoms with E-state index in [1.165, 1.54) is 10.5 Å². The van der Waals surface area contributed by atoms with Gasteiger partial charge < -0.3 is 4.74 Å². The summed E-state index contributed by atoms with van der Waals surface area (Å²) in [6, 6.07) is 0. The van der Waals surface area contributed by atoms with E-state index in [-0.39, 0.29) is 20.9 Å². The zero-order chi connectivity index (χ0) is 12.6. The molecule has 1 aliphatic heterocycles. The van der Waals surface area contributed by atoms with Crippen LogP contribution in [0.5, 0.6) is 0 Å². The third-order valence-corrected chi connectivity index (χ3v) is 5.82. The standard InChI is InChI=1S/C9H13ClN2O3S2/c1-6-4-12(5-7(2)15-6)17(13,14)8-3-11-9(10)16-8/h3,6-7H,4-5H2,1-2H3. The molecule has 0 saturated carbocycles. The van der Waals surface area contributed by atoms with E-state index in [4.69, 9.17) is 16.3 Å². The molecule has 1 aromatic heterocycles. The van der Waals surface area contributed by atoms with Crippen LogP contribution in [0.4, 0.5) is 0 Å². The van der Waals surface area contributed by atoms with E-state index in [0.717, 1.165) is 11.3 Å². The second-order valence-corrected chi connectivity index (χ2v) is 7.79. The first-order chi connectivity index (χ1) is 7.89. The normalized spacial score (nSPS) is 27.2. The smallest absolute Gasteiger partial charge is 0.254 e. The van der Waals surface area contributed by atoms with Gasteiger partial charge in [-0.1, -0.05) is 22.9 Å². The molecule has 2 rings (SSSR count). The molecule has 0 aromatic carbocycles. The average Bonchev–Trinajstić information content (AvgIpc) is 2.64. The fourth-order valence-electron chi connectivity index (χ4n) is 1.81. The number of morpholine rings is 1. The second kappa shape index (κ2) is 4.81. The fraction of sp³-hybridized carbons (Fsp3) is 0.667. The number of nitrogens with zero attached hydrogens (tertiary/aromatic N) is 2. The van der Waals surface area contributed by atoms with Crippen molar-refractivity contribution >= 4 is 33.0 Å². The molecule has 5 nitrogen and oxygen atoms in total. The summed E-state index contributed by atoms with van der Waals surface area (Å²) < 4.78 is 31.9. The van der Waals surface area contributed by atoms with Crippen LogP contribution >= 0.6 is 22.9 Å². The summed E-state index contributed by atoms with van der Waals surface area (Å²) in [5.74, 6) is 0. The minimum absolute atomic E-state index is 0.100. The Kier molecular flexibility index (Phi) is 3.74. The second-order valence-electron chi connectivity index (χ2n) is 4.01. The van der Waals surface area contributed by atoms with Crippen molar-refractivity contribution in [2.24, 2.45) is 0 Å². The molecule has 0 spiro atoms. The lowest BCUT2D eigenvalue weighted by Gasteiger charge is -2.33. The van der Waals surface area contributed by atoms with Crippen LogP contribution in [0, 0.1) is 0 Å². The van der Waals surface area contributed by atoms with Gasteiger partial charge >= 0.3 is 0 Å². The maximum Gasteiger partial charge on any atom is 0.254 e. The van der Waals surface area contributed by atoms with Gasteiger partial charge in [0.1, 0.15) is 0 Å². The number of aromatic nitrogens is 1. The summed E-state index contributed by atoms with van der Waals surface area (Å²) in [5, 5.41) is 0. The first-order valence-corrected chi connectivity index (χ1v) is 7.80. The van der Waals surface area contributed by atoms with Crippen molar-refractivity contribution in [2.75, 3.05) is 13.1 Å². The highest BCUT2D eigenvalue weighted by molar-refractivity contribution is 7.91. The minimum atomic E-state index is -3.48. The molecular formula is C9H13ClN2O3S2. The van der Waals surface area contributed by atoms with Gasteiger partial charge in [0.25, 0.3) is 10.0 Å². The van der Waals surface area contributed by atoms with E-state index >= 15 is 0 Å². The zero-order valence-corrected chi connectivity index (χ0v) is 11.8. The molecule has 1 aliphatic rings. The monoisotopic (exact) mass is 296 g/mol. The molecule has 17 heavy (non-hydrogen) atoms. The lowest BCUT2D eigenvalue weighted by atomic mass is 10.3. The topological polar surface area (TPSA) is 59.5 Å². The predicted molar refractivity (Wildman–Crippen MR) is 65.9 cm³/mol. The Morgan fingerprint density at radius 2 is 2.06 bits per heavy atom. The molecule has 1 saturated heterocycles. The molecule has 0 radical (unpaired) electrons. The molecule has 0 N–H and O–H groups in total. The summed E-state index contributed by atoms with van der Waals surface area (Å²) >= 11 is 6.64. The van der Waals surface area contributed by atoms with Crippen molar-refractivity contribution in [3.63, 3.8) is 0 Å². The van der Waals surface area contributed by atoms with Gasteiger partial charge in [-0.2, -0.15) is 4.31 Å². The molecular weight excluding hydrogens is 284 g/mol. The van der Waals surface area contributed by atoms with Gasteiger partial charge in [0.2, 0.25) is 0 Å². The Hall–Kier alpha value is -0.210. The molecule has 2 heterocycles. The molecule has 2 unspecified atom stereocenters. The minimum Gasteiger partial charge on any atom is -0.373 e. The largest absolute Gasteiger partial charge is 0.373 e. The number of sulfonamides is 1. The molecule has 1 fully saturated rings. The van der Waals surface area contributed by atoms with Crippen LogP contribution in [-0.2, 0) is 14.8 Å². The van der Waals surface area contributed by atoms with Gasteiger partial charge in [-0.25, -0.2) is 13.4 Å². The number of hydrogen-bond acceptors (Lipinski definition) is 5. The number of ether oxygens (including phenoxy) is 1. The van der Waals surface area contributed by atoms with Crippen LogP contribution in [0.2, 0.25) is 4.47 Å². The van der Waals surface area contributed by atoms with E-state index < -0.39 is 10.0 Å². The average molecular weight is 297 g/mol. The van der Waals surface area contributed by atoms with E-state index in [1.807, 2.05) is 13.8 Å². The van der Waals surface area contributed by atoms with Crippen molar-refractivity contribution < 1.29 is 13.2 Å². The Balaban J connectivity index is 2.26. The highest BCUT2D eigenvalue weighted by Gasteiger charge is 2.33. The molecule has 8 heteroatoms. The number of rotatable bonds is 2. The summed E-state index contributed by atoms with van der Waals surface area (Å²) in [7, 11) is -3.48. The predicted octanol–water partition coefficient (Wildman–Crippen LogP) is 1.59. The van der Waals surface area contributed by atoms with Crippen molar-refractivity contribution in [3.8, 4) is 0 Å². The van der Waals surface area contributed by atoms with Crippen LogP contribution in [0.1, 0.15) is 13.8 Å². The van der Waals surface area contributed by atoms with Crippen LogP contribution in [-0.4, -0.2) is 43.0 Å². The number of hydrogen-bond donors (Lipinski definition) is 0. The quantitative estimate of drug-likeness (QED) is 0.832. The molecule has 2 atom stereocenters. The number of thiazole rings is 1. The Morgan fingerprint density at radius 3 is 2.53 bits per heavy atom. The Labute approximate surface area is 109 Å². The first kappa shape index (κ1) is 13.2. The van der Waals surface area contributed by atoms with Gasteiger partial charge in [-0.05, 0) is 13.8 Å². The fourth-order valence-corrected chi connectivity index (χ4v) is 4.85. The van der Waals surface area contributed by atoms with Gasteiger partial charge in [-0.3, -0.25) is 0 Å². The molecule has 0 amide bonds. The summed E-state index contributed by atoms with van der Waals surface area (Å²) in [4.78, 5) is 3.76. The zero-order valence-electron chi connectivity index (χ0n) is 9.46. The molecule has 0 bridgehead atoms. The van der Waals surface area contributed by atoms with Crippen LogP contribution in [0.3, 0.4) is 0 Å². The van der Waals surface area contributed by atoms with Crippen LogP contribution in [0.15, 0.2) is 10.4 Å². The molecule has 96 valence electrons. The van der Waals surface area contributed by atoms with Crippen molar-refractivity contribution in [2.45, 2.75) is 30.3 Å². The van der Waals surface area contributed by atoms with E-state index in [1.54, 1.807) is 0 Å². The SMILES string of the molecule is CC1CN(S(=O)(=O)c2cnc(Cl)s2)CC(C)O1. The Bertz CT molecular complexity index is 492. The highest BCUT2D eigenvalue weighted by atomic mass is 35.5. The van der Waals surface area contributed by atoms with Gasteiger partial charge in [-0.15, -0.1) is 0 Å². The van der Waals surface area contributed by atoms with E-state index in [9.17, 15) is 8.42 Å². The van der Waals surface area contributed by atoms with Crippen LogP contribution in [0.25, 0.3) is 0 Å². The lowest BCUT2D eigenvalue weighted by molar-refractivity contribution is -0.0440. The van der Waals surface area contributed by atoms with E-state index in [0.29, 0.717) is 13.1 Å². The van der Waals surface area contributed by atoms with Gasteiger partial charge in [0.15, 0.2) is 8.68 Å². The van der Waals surface area contributed by atoms with Gasteiger partial charge in [0.05, 0.1) is 18.4 Å². The maximum absolute atomic E-state index is 12.3. The van der Waals surface area contributed by atoms with Crippen LogP contribution < -0.4 is 0 Å². The van der Waals surface area contributed by atoms with Crippen molar-refractivity contribution in [1.29, 1.82) is 0 Å². The van der Waals surface area contributed by atoms with Crippen molar-refractivity contribution in [1.82, 2.24) is 9.29 Å². The third kappa shape index (κ3) is 2.79. The maximum atomic E-state index is 12.3. The number of halogens is 1. The summed E-state index contributed by atoms with van der Waals surface area (Å²) in [6.07, 6.45) is 1.10.